The fourth-order valence-electron chi connectivity index (χ4n) is 3.91. The Kier molecular flexibility index (Phi) is 7.09. The summed E-state index contributed by atoms with van der Waals surface area (Å²) in [6.45, 7) is 6.58. The Labute approximate surface area is 167 Å². The minimum atomic E-state index is 0.0653. The van der Waals surface area contributed by atoms with Gasteiger partial charge < -0.3 is 14.6 Å². The maximum absolute atomic E-state index is 12.5. The number of carbonyl (C=O) groups excluding carboxylic acids is 1. The van der Waals surface area contributed by atoms with Crippen molar-refractivity contribution in [2.45, 2.75) is 52.0 Å². The standard InChI is InChI=1S/C22H31N3O3/c1-16-20(17(2)28-24-16)11-12-22(26)23-15-21(25-13-5-4-6-14-25)18-7-9-19(27-3)10-8-18/h7-10,21H,4-6,11-15H2,1-3H3,(H,23,26)/t21-/m0/s1. The molecule has 1 amide bonds. The molecule has 1 aliphatic heterocycles. The van der Waals surface area contributed by atoms with Gasteiger partial charge in [-0.1, -0.05) is 23.7 Å². The van der Waals surface area contributed by atoms with Gasteiger partial charge in [0.05, 0.1) is 18.8 Å². The van der Waals surface area contributed by atoms with Crippen molar-refractivity contribution in [3.05, 3.63) is 46.8 Å². The van der Waals surface area contributed by atoms with Crippen LogP contribution in [0.4, 0.5) is 0 Å². The maximum atomic E-state index is 12.5. The van der Waals surface area contributed by atoms with Gasteiger partial charge in [-0.2, -0.15) is 0 Å². The molecule has 0 radical (unpaired) electrons. The second-order valence-electron chi connectivity index (χ2n) is 7.49. The van der Waals surface area contributed by atoms with Gasteiger partial charge in [0.15, 0.2) is 0 Å². The van der Waals surface area contributed by atoms with Crippen LogP contribution in [0.2, 0.25) is 0 Å². The van der Waals surface area contributed by atoms with Crippen LogP contribution in [0.25, 0.3) is 0 Å². The van der Waals surface area contributed by atoms with Crippen LogP contribution in [0.1, 0.15) is 54.3 Å². The molecule has 2 aromatic rings. The van der Waals surface area contributed by atoms with Crippen molar-refractivity contribution in [3.63, 3.8) is 0 Å². The number of piperidine rings is 1. The van der Waals surface area contributed by atoms with E-state index in [9.17, 15) is 4.79 Å². The van der Waals surface area contributed by atoms with Crippen molar-refractivity contribution in [2.75, 3.05) is 26.7 Å². The predicted molar refractivity (Wildman–Crippen MR) is 108 cm³/mol. The highest BCUT2D eigenvalue weighted by molar-refractivity contribution is 5.76. The van der Waals surface area contributed by atoms with E-state index in [1.54, 1.807) is 7.11 Å². The lowest BCUT2D eigenvalue weighted by Gasteiger charge is -2.35. The van der Waals surface area contributed by atoms with Gasteiger partial charge in [0.2, 0.25) is 5.91 Å². The minimum Gasteiger partial charge on any atom is -0.497 e. The fourth-order valence-corrected chi connectivity index (χ4v) is 3.91. The van der Waals surface area contributed by atoms with Crippen LogP contribution in [0.5, 0.6) is 5.75 Å². The topological polar surface area (TPSA) is 67.6 Å². The van der Waals surface area contributed by atoms with Crippen LogP contribution in [0.15, 0.2) is 28.8 Å². The average Bonchev–Trinajstić information content (AvgIpc) is 3.05. The van der Waals surface area contributed by atoms with Gasteiger partial charge in [0, 0.05) is 18.5 Å². The molecule has 0 bridgehead atoms. The number of methoxy groups -OCH3 is 1. The highest BCUT2D eigenvalue weighted by atomic mass is 16.5. The summed E-state index contributed by atoms with van der Waals surface area (Å²) in [6.07, 6.45) is 4.82. The summed E-state index contributed by atoms with van der Waals surface area (Å²) in [4.78, 5) is 15.0. The number of benzene rings is 1. The maximum Gasteiger partial charge on any atom is 0.220 e. The lowest BCUT2D eigenvalue weighted by atomic mass is 10.0. The lowest BCUT2D eigenvalue weighted by molar-refractivity contribution is -0.121. The zero-order chi connectivity index (χ0) is 19.9. The quantitative estimate of drug-likeness (QED) is 0.752. The predicted octanol–water partition coefficient (Wildman–Crippen LogP) is 3.58. The van der Waals surface area contributed by atoms with E-state index < -0.39 is 0 Å². The molecule has 1 aliphatic rings. The minimum absolute atomic E-state index is 0.0653. The number of amides is 1. The third-order valence-corrected chi connectivity index (χ3v) is 5.61. The van der Waals surface area contributed by atoms with Gasteiger partial charge in [0.25, 0.3) is 0 Å². The Bertz CT molecular complexity index is 744. The Morgan fingerprint density at radius 3 is 2.54 bits per heavy atom. The molecule has 1 N–H and O–H groups in total. The molecule has 28 heavy (non-hydrogen) atoms. The molecule has 6 nitrogen and oxygen atoms in total. The first-order valence-electron chi connectivity index (χ1n) is 10.1. The van der Waals surface area contributed by atoms with Crippen LogP contribution in [-0.4, -0.2) is 42.7 Å². The summed E-state index contributed by atoms with van der Waals surface area (Å²) in [5, 5.41) is 7.11. The molecule has 0 spiro atoms. The van der Waals surface area contributed by atoms with E-state index in [1.807, 2.05) is 26.0 Å². The van der Waals surface area contributed by atoms with E-state index in [1.165, 1.54) is 24.8 Å². The van der Waals surface area contributed by atoms with Crippen molar-refractivity contribution < 1.29 is 14.1 Å². The molecule has 0 saturated carbocycles. The molecule has 0 unspecified atom stereocenters. The number of aromatic nitrogens is 1. The van der Waals surface area contributed by atoms with Crippen molar-refractivity contribution in [2.24, 2.45) is 0 Å². The number of nitrogens with one attached hydrogen (secondary N) is 1. The van der Waals surface area contributed by atoms with Crippen molar-refractivity contribution in [1.29, 1.82) is 0 Å². The van der Waals surface area contributed by atoms with E-state index in [-0.39, 0.29) is 11.9 Å². The summed E-state index contributed by atoms with van der Waals surface area (Å²) in [6, 6.07) is 8.38. The Hall–Kier alpha value is -2.34. The van der Waals surface area contributed by atoms with Gasteiger partial charge in [-0.3, -0.25) is 9.69 Å². The van der Waals surface area contributed by atoms with Gasteiger partial charge in [0.1, 0.15) is 11.5 Å². The van der Waals surface area contributed by atoms with Crippen molar-refractivity contribution in [3.8, 4) is 5.75 Å². The van der Waals surface area contributed by atoms with Crippen LogP contribution >= 0.6 is 0 Å². The number of carbonyl (C=O) groups is 1. The summed E-state index contributed by atoms with van der Waals surface area (Å²) in [5.74, 6) is 1.72. The van der Waals surface area contributed by atoms with E-state index in [4.69, 9.17) is 9.26 Å². The lowest BCUT2D eigenvalue weighted by Crippen LogP contribution is -2.40. The Morgan fingerprint density at radius 2 is 1.93 bits per heavy atom. The monoisotopic (exact) mass is 385 g/mol. The number of hydrogen-bond acceptors (Lipinski definition) is 5. The largest absolute Gasteiger partial charge is 0.497 e. The van der Waals surface area contributed by atoms with Gasteiger partial charge in [-0.15, -0.1) is 0 Å². The second-order valence-corrected chi connectivity index (χ2v) is 7.49. The van der Waals surface area contributed by atoms with E-state index in [0.29, 0.717) is 19.4 Å². The zero-order valence-electron chi connectivity index (χ0n) is 17.2. The molecular formula is C22H31N3O3. The molecule has 1 aromatic carbocycles. The molecule has 1 saturated heterocycles. The molecule has 1 aromatic heterocycles. The van der Waals surface area contributed by atoms with Crippen LogP contribution in [-0.2, 0) is 11.2 Å². The van der Waals surface area contributed by atoms with E-state index in [0.717, 1.165) is 35.9 Å². The fraction of sp³-hybridized carbons (Fsp3) is 0.545. The number of hydrogen-bond donors (Lipinski definition) is 1. The van der Waals surface area contributed by atoms with Gasteiger partial charge in [-0.05, 0) is 63.9 Å². The third kappa shape index (κ3) is 5.13. The smallest absolute Gasteiger partial charge is 0.220 e. The first kappa shape index (κ1) is 20.4. The summed E-state index contributed by atoms with van der Waals surface area (Å²) < 4.78 is 10.5. The number of rotatable bonds is 8. The summed E-state index contributed by atoms with van der Waals surface area (Å²) in [5.41, 5.74) is 3.13. The van der Waals surface area contributed by atoms with E-state index in [2.05, 4.69) is 27.5 Å². The highest BCUT2D eigenvalue weighted by Crippen LogP contribution is 2.26. The summed E-state index contributed by atoms with van der Waals surface area (Å²) in [7, 11) is 1.68. The second kappa shape index (κ2) is 9.73. The molecule has 152 valence electrons. The zero-order valence-corrected chi connectivity index (χ0v) is 17.2. The number of likely N-dealkylation sites (tertiary alicyclic amines) is 1. The Balaban J connectivity index is 1.61. The first-order chi connectivity index (χ1) is 13.6. The molecule has 0 aliphatic carbocycles. The highest BCUT2D eigenvalue weighted by Gasteiger charge is 2.23. The van der Waals surface area contributed by atoms with E-state index >= 15 is 0 Å². The number of aryl methyl sites for hydroxylation is 2. The number of ether oxygens (including phenoxy) is 1. The summed E-state index contributed by atoms with van der Waals surface area (Å²) >= 11 is 0. The first-order valence-corrected chi connectivity index (χ1v) is 10.1. The van der Waals surface area contributed by atoms with Gasteiger partial charge >= 0.3 is 0 Å². The molecule has 2 heterocycles. The normalized spacial score (nSPS) is 16.0. The molecule has 1 atom stereocenters. The van der Waals surface area contributed by atoms with Crippen LogP contribution in [0.3, 0.4) is 0 Å². The Morgan fingerprint density at radius 1 is 1.21 bits per heavy atom. The van der Waals surface area contributed by atoms with Crippen molar-refractivity contribution in [1.82, 2.24) is 15.4 Å². The third-order valence-electron chi connectivity index (χ3n) is 5.61. The SMILES string of the molecule is COc1ccc([C@H](CNC(=O)CCc2c(C)noc2C)N2CCCCC2)cc1. The van der Waals surface area contributed by atoms with Gasteiger partial charge in [-0.25, -0.2) is 0 Å². The molecule has 6 heteroatoms. The molecular weight excluding hydrogens is 354 g/mol. The number of nitrogens with zero attached hydrogens (tertiary/aromatic N) is 2. The average molecular weight is 386 g/mol. The molecule has 1 fully saturated rings. The molecule has 3 rings (SSSR count). The van der Waals surface area contributed by atoms with Crippen molar-refractivity contribution >= 4 is 5.91 Å². The van der Waals surface area contributed by atoms with Crippen LogP contribution in [0, 0.1) is 13.8 Å². The van der Waals surface area contributed by atoms with Crippen LogP contribution < -0.4 is 10.1 Å².